The summed E-state index contributed by atoms with van der Waals surface area (Å²) >= 11 is 0. The van der Waals surface area contributed by atoms with Gasteiger partial charge in [-0.05, 0) is 6.92 Å². The molecule has 0 saturated carbocycles. The Kier molecular flexibility index (Phi) is 4.90. The van der Waals surface area contributed by atoms with Crippen LogP contribution in [0.2, 0.25) is 5.82 Å². The standard InChI is InChI=1S/C6H13BO4/c1-3-11-6(8)4-5(2)7(9)10/h5,9-10H,3-4H2,1-2H3. The zero-order chi connectivity index (χ0) is 8.85. The molecule has 0 saturated heterocycles. The van der Waals surface area contributed by atoms with E-state index in [2.05, 4.69) is 4.74 Å². The van der Waals surface area contributed by atoms with Crippen LogP contribution < -0.4 is 0 Å². The van der Waals surface area contributed by atoms with E-state index in [1.807, 2.05) is 0 Å². The molecule has 11 heavy (non-hydrogen) atoms. The summed E-state index contributed by atoms with van der Waals surface area (Å²) in [7, 11) is -1.44. The van der Waals surface area contributed by atoms with Gasteiger partial charge in [-0.15, -0.1) is 0 Å². The summed E-state index contributed by atoms with van der Waals surface area (Å²) in [5.41, 5.74) is 0. The van der Waals surface area contributed by atoms with Crippen molar-refractivity contribution in [1.82, 2.24) is 0 Å². The summed E-state index contributed by atoms with van der Waals surface area (Å²) in [5, 5.41) is 17.2. The van der Waals surface area contributed by atoms with E-state index >= 15 is 0 Å². The van der Waals surface area contributed by atoms with Crippen LogP contribution in [0.15, 0.2) is 0 Å². The van der Waals surface area contributed by atoms with Gasteiger partial charge in [0, 0.05) is 12.2 Å². The topological polar surface area (TPSA) is 66.8 Å². The molecule has 0 spiro atoms. The van der Waals surface area contributed by atoms with Gasteiger partial charge in [0.1, 0.15) is 0 Å². The van der Waals surface area contributed by atoms with Crippen LogP contribution in [0.5, 0.6) is 0 Å². The van der Waals surface area contributed by atoms with Crippen molar-refractivity contribution in [2.75, 3.05) is 6.61 Å². The summed E-state index contributed by atoms with van der Waals surface area (Å²) in [4.78, 5) is 10.7. The average molecular weight is 160 g/mol. The van der Waals surface area contributed by atoms with Crippen molar-refractivity contribution in [2.45, 2.75) is 26.1 Å². The van der Waals surface area contributed by atoms with Gasteiger partial charge < -0.3 is 14.8 Å². The molecule has 5 heteroatoms. The lowest BCUT2D eigenvalue weighted by atomic mass is 9.72. The van der Waals surface area contributed by atoms with E-state index in [0.29, 0.717) is 6.61 Å². The maximum absolute atomic E-state index is 10.7. The summed E-state index contributed by atoms with van der Waals surface area (Å²) in [5.74, 6) is -0.859. The van der Waals surface area contributed by atoms with Crippen LogP contribution in [-0.2, 0) is 9.53 Å². The fourth-order valence-electron chi connectivity index (χ4n) is 0.588. The van der Waals surface area contributed by atoms with Crippen LogP contribution in [0, 0.1) is 0 Å². The Hall–Kier alpha value is -0.545. The highest BCUT2D eigenvalue weighted by atomic mass is 16.5. The van der Waals surface area contributed by atoms with Crippen LogP contribution in [0.4, 0.5) is 0 Å². The molecule has 0 radical (unpaired) electrons. The smallest absolute Gasteiger partial charge is 0.455 e. The molecule has 0 aliphatic rings. The van der Waals surface area contributed by atoms with Crippen molar-refractivity contribution in [2.24, 2.45) is 0 Å². The molecular weight excluding hydrogens is 147 g/mol. The van der Waals surface area contributed by atoms with Crippen LogP contribution in [0.25, 0.3) is 0 Å². The van der Waals surface area contributed by atoms with E-state index in [0.717, 1.165) is 0 Å². The van der Waals surface area contributed by atoms with E-state index in [-0.39, 0.29) is 6.42 Å². The molecule has 1 unspecified atom stereocenters. The van der Waals surface area contributed by atoms with Gasteiger partial charge in [-0.25, -0.2) is 0 Å². The Morgan fingerprint density at radius 2 is 2.18 bits per heavy atom. The Labute approximate surface area is 66.3 Å². The van der Waals surface area contributed by atoms with Gasteiger partial charge in [0.2, 0.25) is 0 Å². The first-order valence-electron chi connectivity index (χ1n) is 3.59. The molecule has 64 valence electrons. The van der Waals surface area contributed by atoms with Crippen molar-refractivity contribution in [3.8, 4) is 0 Å². The molecule has 0 fully saturated rings. The molecule has 0 amide bonds. The molecule has 0 bridgehead atoms. The fourth-order valence-corrected chi connectivity index (χ4v) is 0.588. The van der Waals surface area contributed by atoms with Gasteiger partial charge in [0.25, 0.3) is 0 Å². The van der Waals surface area contributed by atoms with Crippen molar-refractivity contribution < 1.29 is 19.6 Å². The van der Waals surface area contributed by atoms with Gasteiger partial charge in [-0.2, -0.15) is 0 Å². The van der Waals surface area contributed by atoms with Gasteiger partial charge in [0.15, 0.2) is 0 Å². The van der Waals surface area contributed by atoms with Gasteiger partial charge in [0.05, 0.1) is 6.61 Å². The van der Waals surface area contributed by atoms with Crippen LogP contribution in [-0.4, -0.2) is 29.7 Å². The normalized spacial score (nSPS) is 12.4. The molecule has 4 nitrogen and oxygen atoms in total. The van der Waals surface area contributed by atoms with Gasteiger partial charge in [-0.3, -0.25) is 4.79 Å². The number of ether oxygens (including phenoxy) is 1. The summed E-state index contributed by atoms with van der Waals surface area (Å²) in [6.45, 7) is 3.60. The second-order valence-corrected chi connectivity index (χ2v) is 2.40. The first-order valence-corrected chi connectivity index (χ1v) is 3.59. The number of esters is 1. The monoisotopic (exact) mass is 160 g/mol. The minimum absolute atomic E-state index is 0.0471. The maximum Gasteiger partial charge on any atom is 0.455 e. The third kappa shape index (κ3) is 4.81. The molecule has 0 rings (SSSR count). The predicted molar refractivity (Wildman–Crippen MR) is 40.9 cm³/mol. The van der Waals surface area contributed by atoms with E-state index in [1.165, 1.54) is 0 Å². The predicted octanol–water partition coefficient (Wildman–Crippen LogP) is -0.197. The van der Waals surface area contributed by atoms with Crippen molar-refractivity contribution in [1.29, 1.82) is 0 Å². The summed E-state index contributed by atoms with van der Waals surface area (Å²) in [6.07, 6.45) is 0.0471. The number of carbonyl (C=O) groups is 1. The first-order chi connectivity index (χ1) is 5.07. The number of hydrogen-bond acceptors (Lipinski definition) is 4. The lowest BCUT2D eigenvalue weighted by Gasteiger charge is -2.07. The lowest BCUT2D eigenvalue weighted by molar-refractivity contribution is -0.143. The minimum Gasteiger partial charge on any atom is -0.466 e. The molecule has 0 heterocycles. The molecule has 0 aromatic rings. The SMILES string of the molecule is CCOC(=O)CC(C)B(O)O. The summed E-state index contributed by atoms with van der Waals surface area (Å²) in [6, 6.07) is 0. The number of hydrogen-bond donors (Lipinski definition) is 2. The minimum atomic E-state index is -1.44. The van der Waals surface area contributed by atoms with E-state index in [4.69, 9.17) is 10.0 Å². The molecule has 0 aromatic carbocycles. The Bertz CT molecular complexity index is 126. The Balaban J connectivity index is 3.57. The lowest BCUT2D eigenvalue weighted by Crippen LogP contribution is -2.21. The van der Waals surface area contributed by atoms with Gasteiger partial charge in [-0.1, -0.05) is 6.92 Å². The molecule has 0 aliphatic carbocycles. The zero-order valence-corrected chi connectivity index (χ0v) is 6.78. The second kappa shape index (κ2) is 5.15. The number of carbonyl (C=O) groups excluding carboxylic acids is 1. The molecule has 0 aliphatic heterocycles. The fraction of sp³-hybridized carbons (Fsp3) is 0.833. The summed E-state index contributed by atoms with van der Waals surface area (Å²) < 4.78 is 4.60. The zero-order valence-electron chi connectivity index (χ0n) is 6.78. The molecule has 2 N–H and O–H groups in total. The van der Waals surface area contributed by atoms with E-state index < -0.39 is 18.9 Å². The third-order valence-corrected chi connectivity index (χ3v) is 1.30. The van der Waals surface area contributed by atoms with Crippen molar-refractivity contribution in [3.05, 3.63) is 0 Å². The van der Waals surface area contributed by atoms with Gasteiger partial charge >= 0.3 is 13.1 Å². The second-order valence-electron chi connectivity index (χ2n) is 2.40. The molecule has 0 aromatic heterocycles. The highest BCUT2D eigenvalue weighted by Crippen LogP contribution is 2.11. The maximum atomic E-state index is 10.7. The highest BCUT2D eigenvalue weighted by molar-refractivity contribution is 6.43. The van der Waals surface area contributed by atoms with Crippen LogP contribution >= 0.6 is 0 Å². The molecule has 1 atom stereocenters. The van der Waals surface area contributed by atoms with Crippen molar-refractivity contribution >= 4 is 13.1 Å². The van der Waals surface area contributed by atoms with Crippen LogP contribution in [0.1, 0.15) is 20.3 Å². The van der Waals surface area contributed by atoms with E-state index in [1.54, 1.807) is 13.8 Å². The highest BCUT2D eigenvalue weighted by Gasteiger charge is 2.21. The Morgan fingerprint density at radius 3 is 2.55 bits per heavy atom. The van der Waals surface area contributed by atoms with Crippen LogP contribution in [0.3, 0.4) is 0 Å². The largest absolute Gasteiger partial charge is 0.466 e. The van der Waals surface area contributed by atoms with E-state index in [9.17, 15) is 4.79 Å². The first kappa shape index (κ1) is 10.5. The third-order valence-electron chi connectivity index (χ3n) is 1.30. The Morgan fingerprint density at radius 1 is 1.64 bits per heavy atom. The molecular formula is C6H13BO4. The van der Waals surface area contributed by atoms with Crippen molar-refractivity contribution in [3.63, 3.8) is 0 Å². The quantitative estimate of drug-likeness (QED) is 0.441. The number of rotatable bonds is 4. The average Bonchev–Trinajstić information content (AvgIpc) is 1.87.